The van der Waals surface area contributed by atoms with Gasteiger partial charge in [0.15, 0.2) is 11.5 Å². The molecule has 0 saturated heterocycles. The first-order valence-electron chi connectivity index (χ1n) is 5.95. The van der Waals surface area contributed by atoms with E-state index in [1.807, 2.05) is 0 Å². The molecule has 1 unspecified atom stereocenters. The Labute approximate surface area is 124 Å². The Morgan fingerprint density at radius 1 is 1.25 bits per heavy atom. The number of ether oxygens (including phenoxy) is 3. The summed E-state index contributed by atoms with van der Waals surface area (Å²) in [4.78, 5) is 4.04. The highest BCUT2D eigenvalue weighted by atomic mass is 79.9. The minimum Gasteiger partial charge on any atom is -0.495 e. The number of pyridine rings is 1. The zero-order valence-electron chi connectivity index (χ0n) is 10.7. The molecule has 1 atom stereocenters. The van der Waals surface area contributed by atoms with E-state index < -0.39 is 6.10 Å². The Morgan fingerprint density at radius 2 is 2.10 bits per heavy atom. The van der Waals surface area contributed by atoms with Gasteiger partial charge in [0.1, 0.15) is 11.9 Å². The SMILES string of the molecule is COc1cncc(C(O)c2cc(Br)c3c(c2)OCO3)c1. The molecule has 1 aliphatic rings. The number of aromatic nitrogens is 1. The molecule has 0 amide bonds. The third kappa shape index (κ3) is 2.32. The molecule has 1 N–H and O–H groups in total. The van der Waals surface area contributed by atoms with Crippen molar-refractivity contribution >= 4 is 15.9 Å². The number of halogens is 1. The number of aliphatic hydroxyl groups excluding tert-OH is 1. The number of aliphatic hydroxyl groups is 1. The summed E-state index contributed by atoms with van der Waals surface area (Å²) in [5.74, 6) is 1.87. The van der Waals surface area contributed by atoms with E-state index in [0.717, 1.165) is 4.47 Å². The molecule has 0 saturated carbocycles. The molecule has 20 heavy (non-hydrogen) atoms. The summed E-state index contributed by atoms with van der Waals surface area (Å²) in [6, 6.07) is 5.31. The second-order valence-electron chi connectivity index (χ2n) is 4.30. The lowest BCUT2D eigenvalue weighted by atomic mass is 10.0. The van der Waals surface area contributed by atoms with Gasteiger partial charge in [-0.25, -0.2) is 0 Å². The van der Waals surface area contributed by atoms with Crippen LogP contribution in [0.25, 0.3) is 0 Å². The standard InChI is InChI=1S/C14H12BrNO4/c1-18-10-2-9(5-16-6-10)13(17)8-3-11(15)14-12(4-8)19-7-20-14/h2-6,13,17H,7H2,1H3. The monoisotopic (exact) mass is 337 g/mol. The first-order valence-corrected chi connectivity index (χ1v) is 6.74. The van der Waals surface area contributed by atoms with Gasteiger partial charge < -0.3 is 19.3 Å². The van der Waals surface area contributed by atoms with E-state index in [9.17, 15) is 5.11 Å². The Bertz CT molecular complexity index is 647. The van der Waals surface area contributed by atoms with Gasteiger partial charge in [0.2, 0.25) is 6.79 Å². The molecule has 1 aliphatic heterocycles. The number of methoxy groups -OCH3 is 1. The van der Waals surface area contributed by atoms with Gasteiger partial charge in [-0.3, -0.25) is 4.98 Å². The van der Waals surface area contributed by atoms with Crippen molar-refractivity contribution in [1.82, 2.24) is 4.98 Å². The summed E-state index contributed by atoms with van der Waals surface area (Å²) in [6.45, 7) is 0.189. The van der Waals surface area contributed by atoms with E-state index in [0.29, 0.717) is 28.4 Å². The second-order valence-corrected chi connectivity index (χ2v) is 5.15. The van der Waals surface area contributed by atoms with Gasteiger partial charge in [-0.15, -0.1) is 0 Å². The van der Waals surface area contributed by atoms with Crippen molar-refractivity contribution in [3.63, 3.8) is 0 Å². The third-order valence-electron chi connectivity index (χ3n) is 3.05. The summed E-state index contributed by atoms with van der Waals surface area (Å²) in [5, 5.41) is 10.5. The topological polar surface area (TPSA) is 60.8 Å². The second kappa shape index (κ2) is 5.30. The predicted molar refractivity (Wildman–Crippen MR) is 75.1 cm³/mol. The van der Waals surface area contributed by atoms with Crippen LogP contribution in [0.3, 0.4) is 0 Å². The largest absolute Gasteiger partial charge is 0.495 e. The molecule has 0 fully saturated rings. The molecule has 2 aromatic rings. The fraction of sp³-hybridized carbons (Fsp3) is 0.214. The summed E-state index contributed by atoms with van der Waals surface area (Å²) in [7, 11) is 1.56. The van der Waals surface area contributed by atoms with E-state index in [1.54, 1.807) is 37.7 Å². The zero-order chi connectivity index (χ0) is 14.1. The number of fused-ring (bicyclic) bond motifs is 1. The van der Waals surface area contributed by atoms with Gasteiger partial charge in [-0.2, -0.15) is 0 Å². The fourth-order valence-corrected chi connectivity index (χ4v) is 2.61. The lowest BCUT2D eigenvalue weighted by Gasteiger charge is -2.13. The van der Waals surface area contributed by atoms with Crippen LogP contribution in [-0.4, -0.2) is 24.0 Å². The van der Waals surface area contributed by atoms with Gasteiger partial charge >= 0.3 is 0 Å². The van der Waals surface area contributed by atoms with Crippen molar-refractivity contribution in [2.75, 3.05) is 13.9 Å². The fourth-order valence-electron chi connectivity index (χ4n) is 2.03. The normalized spacial score (nSPS) is 14.2. The molecule has 104 valence electrons. The van der Waals surface area contributed by atoms with E-state index in [-0.39, 0.29) is 6.79 Å². The van der Waals surface area contributed by atoms with Crippen LogP contribution in [0.15, 0.2) is 35.1 Å². The predicted octanol–water partition coefficient (Wildman–Crippen LogP) is 2.66. The molecule has 5 nitrogen and oxygen atoms in total. The Kier molecular flexibility index (Phi) is 3.50. The third-order valence-corrected chi connectivity index (χ3v) is 3.64. The van der Waals surface area contributed by atoms with Crippen molar-refractivity contribution in [1.29, 1.82) is 0 Å². The maximum absolute atomic E-state index is 10.5. The van der Waals surface area contributed by atoms with Crippen molar-refractivity contribution < 1.29 is 19.3 Å². The maximum Gasteiger partial charge on any atom is 0.231 e. The first-order chi connectivity index (χ1) is 9.69. The Balaban J connectivity index is 1.98. The lowest BCUT2D eigenvalue weighted by Crippen LogP contribution is -2.01. The molecule has 3 rings (SSSR count). The molecule has 0 spiro atoms. The van der Waals surface area contributed by atoms with Crippen molar-refractivity contribution in [3.8, 4) is 17.2 Å². The minimum atomic E-state index is -0.816. The van der Waals surface area contributed by atoms with Crippen LogP contribution < -0.4 is 14.2 Å². The average molecular weight is 338 g/mol. The molecule has 1 aromatic carbocycles. The van der Waals surface area contributed by atoms with Crippen LogP contribution in [0.2, 0.25) is 0 Å². The van der Waals surface area contributed by atoms with Gasteiger partial charge in [-0.1, -0.05) is 0 Å². The van der Waals surface area contributed by atoms with Gasteiger partial charge in [0, 0.05) is 11.8 Å². The zero-order valence-corrected chi connectivity index (χ0v) is 12.3. The lowest BCUT2D eigenvalue weighted by molar-refractivity contribution is 0.173. The minimum absolute atomic E-state index is 0.189. The quantitative estimate of drug-likeness (QED) is 0.932. The summed E-state index contributed by atoms with van der Waals surface area (Å²) in [6.07, 6.45) is 2.38. The summed E-state index contributed by atoms with van der Waals surface area (Å²) in [5.41, 5.74) is 1.34. The van der Waals surface area contributed by atoms with E-state index in [1.165, 1.54) is 0 Å². The maximum atomic E-state index is 10.5. The van der Waals surface area contributed by atoms with E-state index in [4.69, 9.17) is 14.2 Å². The van der Waals surface area contributed by atoms with Gasteiger partial charge in [0.25, 0.3) is 0 Å². The average Bonchev–Trinajstić information content (AvgIpc) is 2.95. The number of benzene rings is 1. The smallest absolute Gasteiger partial charge is 0.231 e. The Morgan fingerprint density at radius 3 is 2.90 bits per heavy atom. The molecular weight excluding hydrogens is 326 g/mol. The summed E-state index contributed by atoms with van der Waals surface area (Å²) >= 11 is 3.41. The summed E-state index contributed by atoms with van der Waals surface area (Å²) < 4.78 is 16.5. The molecule has 6 heteroatoms. The van der Waals surface area contributed by atoms with Crippen molar-refractivity contribution in [3.05, 3.63) is 46.2 Å². The highest BCUT2D eigenvalue weighted by Crippen LogP contribution is 2.42. The molecule has 2 heterocycles. The van der Waals surface area contributed by atoms with Crippen LogP contribution in [0.1, 0.15) is 17.2 Å². The van der Waals surface area contributed by atoms with Crippen LogP contribution >= 0.6 is 15.9 Å². The number of nitrogens with zero attached hydrogens (tertiary/aromatic N) is 1. The van der Waals surface area contributed by atoms with Gasteiger partial charge in [-0.05, 0) is 39.7 Å². The van der Waals surface area contributed by atoms with Crippen LogP contribution in [-0.2, 0) is 0 Å². The Hall–Kier alpha value is -1.79. The van der Waals surface area contributed by atoms with Crippen molar-refractivity contribution in [2.24, 2.45) is 0 Å². The van der Waals surface area contributed by atoms with E-state index >= 15 is 0 Å². The number of hydrogen-bond donors (Lipinski definition) is 1. The molecule has 0 aliphatic carbocycles. The number of hydrogen-bond acceptors (Lipinski definition) is 5. The highest BCUT2D eigenvalue weighted by Gasteiger charge is 2.21. The molecular formula is C14H12BrNO4. The van der Waals surface area contributed by atoms with Gasteiger partial charge in [0.05, 0.1) is 17.8 Å². The van der Waals surface area contributed by atoms with Crippen LogP contribution in [0.5, 0.6) is 17.2 Å². The van der Waals surface area contributed by atoms with Crippen molar-refractivity contribution in [2.45, 2.75) is 6.10 Å². The molecule has 0 radical (unpaired) electrons. The number of rotatable bonds is 3. The van der Waals surface area contributed by atoms with E-state index in [2.05, 4.69) is 20.9 Å². The first kappa shape index (κ1) is 13.2. The molecule has 0 bridgehead atoms. The van der Waals surface area contributed by atoms with Crippen LogP contribution in [0, 0.1) is 0 Å². The highest BCUT2D eigenvalue weighted by molar-refractivity contribution is 9.10. The molecule has 1 aromatic heterocycles. The van der Waals surface area contributed by atoms with Crippen LogP contribution in [0.4, 0.5) is 0 Å².